The van der Waals surface area contributed by atoms with Crippen molar-refractivity contribution in [2.24, 2.45) is 0 Å². The number of piperazine rings is 1. The zero-order valence-electron chi connectivity index (χ0n) is 16.1. The van der Waals surface area contributed by atoms with Crippen LogP contribution in [0.2, 0.25) is 0 Å². The highest BCUT2D eigenvalue weighted by Crippen LogP contribution is 2.17. The topological polar surface area (TPSA) is 44.6 Å². The first kappa shape index (κ1) is 18.4. The molecule has 25 heavy (non-hydrogen) atoms. The maximum atomic E-state index is 12.5. The zero-order chi connectivity index (χ0) is 17.8. The molecule has 0 unspecified atom stereocenters. The van der Waals surface area contributed by atoms with Gasteiger partial charge in [0.05, 0.1) is 12.2 Å². The van der Waals surface area contributed by atoms with Gasteiger partial charge in [-0.1, -0.05) is 6.92 Å². The third kappa shape index (κ3) is 4.42. The third-order valence-corrected chi connectivity index (χ3v) is 5.63. The summed E-state index contributed by atoms with van der Waals surface area (Å²) < 4.78 is 2.14. The van der Waals surface area contributed by atoms with Gasteiger partial charge in [0.15, 0.2) is 0 Å². The number of likely N-dealkylation sites (tertiary alicyclic amines) is 1. The van der Waals surface area contributed by atoms with Gasteiger partial charge < -0.3 is 4.90 Å². The fraction of sp³-hybridized carbons (Fsp3) is 0.789. The normalized spacial score (nSPS) is 19.7. The monoisotopic (exact) mass is 347 g/mol. The van der Waals surface area contributed by atoms with Gasteiger partial charge in [0.1, 0.15) is 0 Å². The molecule has 0 N–H and O–H groups in total. The lowest BCUT2D eigenvalue weighted by Crippen LogP contribution is -2.50. The van der Waals surface area contributed by atoms with Gasteiger partial charge in [0.25, 0.3) is 0 Å². The average Bonchev–Trinajstić information content (AvgIpc) is 3.20. The molecule has 1 aromatic rings. The van der Waals surface area contributed by atoms with Crippen molar-refractivity contribution in [2.75, 3.05) is 45.8 Å². The van der Waals surface area contributed by atoms with E-state index in [0.717, 1.165) is 64.5 Å². The summed E-state index contributed by atoms with van der Waals surface area (Å²) in [6.07, 6.45) is 3.59. The van der Waals surface area contributed by atoms with Crippen molar-refractivity contribution in [1.82, 2.24) is 24.5 Å². The number of carbonyl (C=O) groups is 1. The Morgan fingerprint density at radius 3 is 2.32 bits per heavy atom. The molecule has 3 heterocycles. The van der Waals surface area contributed by atoms with E-state index in [1.807, 2.05) is 0 Å². The van der Waals surface area contributed by atoms with E-state index in [1.165, 1.54) is 24.1 Å². The summed E-state index contributed by atoms with van der Waals surface area (Å²) in [5, 5.41) is 4.69. The van der Waals surface area contributed by atoms with Gasteiger partial charge >= 0.3 is 0 Å². The molecule has 2 saturated heterocycles. The van der Waals surface area contributed by atoms with Crippen LogP contribution < -0.4 is 0 Å². The fourth-order valence-corrected chi connectivity index (χ4v) is 4.00. The smallest absolute Gasteiger partial charge is 0.236 e. The van der Waals surface area contributed by atoms with Gasteiger partial charge in [0, 0.05) is 50.5 Å². The molecule has 2 aliphatic rings. The molecular formula is C19H33N5O. The minimum Gasteiger partial charge on any atom is -0.339 e. The molecule has 1 amide bonds. The fourth-order valence-electron chi connectivity index (χ4n) is 4.00. The maximum absolute atomic E-state index is 12.5. The summed E-state index contributed by atoms with van der Waals surface area (Å²) >= 11 is 0. The Morgan fingerprint density at radius 1 is 1.00 bits per heavy atom. The molecule has 0 aliphatic carbocycles. The molecule has 0 radical (unpaired) electrons. The highest BCUT2D eigenvalue weighted by Gasteiger charge is 2.25. The zero-order valence-corrected chi connectivity index (χ0v) is 16.1. The lowest BCUT2D eigenvalue weighted by atomic mass is 10.1. The summed E-state index contributed by atoms with van der Waals surface area (Å²) in [5.74, 6) is 0.310. The van der Waals surface area contributed by atoms with Crippen molar-refractivity contribution >= 4 is 5.91 Å². The molecule has 1 aromatic heterocycles. The molecule has 0 bridgehead atoms. The Hall–Kier alpha value is -1.40. The van der Waals surface area contributed by atoms with Crippen LogP contribution in [0, 0.1) is 13.8 Å². The van der Waals surface area contributed by atoms with E-state index in [4.69, 9.17) is 0 Å². The molecule has 6 heteroatoms. The Labute approximate surface area is 151 Å². The number of rotatable bonds is 6. The van der Waals surface area contributed by atoms with Crippen LogP contribution in [0.5, 0.6) is 0 Å². The minimum absolute atomic E-state index is 0.310. The maximum Gasteiger partial charge on any atom is 0.236 e. The van der Waals surface area contributed by atoms with E-state index in [2.05, 4.69) is 45.3 Å². The number of nitrogens with zero attached hydrogens (tertiary/aromatic N) is 5. The van der Waals surface area contributed by atoms with Crippen molar-refractivity contribution in [1.29, 1.82) is 0 Å². The molecular weight excluding hydrogens is 314 g/mol. The van der Waals surface area contributed by atoms with Gasteiger partial charge in [-0.15, -0.1) is 0 Å². The Balaban J connectivity index is 1.50. The summed E-state index contributed by atoms with van der Waals surface area (Å²) in [6.45, 7) is 14.9. The van der Waals surface area contributed by atoms with Gasteiger partial charge in [-0.05, 0) is 46.2 Å². The SMILES string of the molecule is CCCn1nc(C)c(CN2CCN(C(=O)CN3CCCC3)CC2)c1C. The molecule has 140 valence electrons. The van der Waals surface area contributed by atoms with Crippen LogP contribution in [0.1, 0.15) is 43.1 Å². The van der Waals surface area contributed by atoms with Gasteiger partial charge in [-0.3, -0.25) is 19.3 Å². The summed E-state index contributed by atoms with van der Waals surface area (Å²) in [5.41, 5.74) is 3.82. The van der Waals surface area contributed by atoms with Crippen LogP contribution in [-0.4, -0.2) is 76.2 Å². The number of hydrogen-bond donors (Lipinski definition) is 0. The second-order valence-electron chi connectivity index (χ2n) is 7.51. The van der Waals surface area contributed by atoms with Crippen LogP contribution in [0.25, 0.3) is 0 Å². The van der Waals surface area contributed by atoms with Crippen LogP contribution in [0.4, 0.5) is 0 Å². The largest absolute Gasteiger partial charge is 0.339 e. The Morgan fingerprint density at radius 2 is 1.68 bits per heavy atom. The Bertz CT molecular complexity index is 583. The second kappa shape index (κ2) is 8.32. The lowest BCUT2D eigenvalue weighted by Gasteiger charge is -2.35. The van der Waals surface area contributed by atoms with Crippen LogP contribution >= 0.6 is 0 Å². The number of aryl methyl sites for hydroxylation is 2. The quantitative estimate of drug-likeness (QED) is 0.785. The van der Waals surface area contributed by atoms with E-state index in [1.54, 1.807) is 0 Å². The lowest BCUT2D eigenvalue weighted by molar-refractivity contribution is -0.134. The molecule has 0 atom stereocenters. The second-order valence-corrected chi connectivity index (χ2v) is 7.51. The minimum atomic E-state index is 0.310. The number of amides is 1. The van der Waals surface area contributed by atoms with Gasteiger partial charge in [-0.25, -0.2) is 0 Å². The summed E-state index contributed by atoms with van der Waals surface area (Å²) in [6, 6.07) is 0. The molecule has 0 aromatic carbocycles. The predicted molar refractivity (Wildman–Crippen MR) is 99.5 cm³/mol. The third-order valence-electron chi connectivity index (χ3n) is 5.63. The van der Waals surface area contributed by atoms with Crippen LogP contribution in [0.15, 0.2) is 0 Å². The predicted octanol–water partition coefficient (Wildman–Crippen LogP) is 1.65. The van der Waals surface area contributed by atoms with E-state index in [0.29, 0.717) is 12.5 Å². The molecule has 0 spiro atoms. The van der Waals surface area contributed by atoms with E-state index >= 15 is 0 Å². The van der Waals surface area contributed by atoms with E-state index in [9.17, 15) is 4.79 Å². The number of carbonyl (C=O) groups excluding carboxylic acids is 1. The van der Waals surface area contributed by atoms with E-state index < -0.39 is 0 Å². The van der Waals surface area contributed by atoms with Crippen LogP contribution in [-0.2, 0) is 17.9 Å². The molecule has 3 rings (SSSR count). The molecule has 2 aliphatic heterocycles. The van der Waals surface area contributed by atoms with Crippen molar-refractivity contribution in [3.05, 3.63) is 17.0 Å². The first-order valence-electron chi connectivity index (χ1n) is 9.84. The number of aromatic nitrogens is 2. The van der Waals surface area contributed by atoms with Gasteiger partial charge in [0.2, 0.25) is 5.91 Å². The Kier molecular flexibility index (Phi) is 6.12. The van der Waals surface area contributed by atoms with Crippen molar-refractivity contribution in [3.63, 3.8) is 0 Å². The van der Waals surface area contributed by atoms with Gasteiger partial charge in [-0.2, -0.15) is 5.10 Å². The molecule has 2 fully saturated rings. The van der Waals surface area contributed by atoms with Crippen molar-refractivity contribution in [2.45, 2.75) is 53.1 Å². The first-order chi connectivity index (χ1) is 12.1. The molecule has 0 saturated carbocycles. The summed E-state index contributed by atoms with van der Waals surface area (Å²) in [7, 11) is 0. The van der Waals surface area contributed by atoms with E-state index in [-0.39, 0.29) is 0 Å². The van der Waals surface area contributed by atoms with Crippen LogP contribution in [0.3, 0.4) is 0 Å². The average molecular weight is 348 g/mol. The van der Waals surface area contributed by atoms with Crippen molar-refractivity contribution < 1.29 is 4.79 Å². The standard InChI is InChI=1S/C19H33N5O/c1-4-7-24-17(3)18(16(2)20-24)14-22-10-12-23(13-11-22)19(25)15-21-8-5-6-9-21/h4-15H2,1-3H3. The number of hydrogen-bond acceptors (Lipinski definition) is 4. The highest BCUT2D eigenvalue weighted by atomic mass is 16.2. The first-order valence-corrected chi connectivity index (χ1v) is 9.84. The highest BCUT2D eigenvalue weighted by molar-refractivity contribution is 5.78. The van der Waals surface area contributed by atoms with Crippen molar-refractivity contribution in [3.8, 4) is 0 Å². The summed E-state index contributed by atoms with van der Waals surface area (Å²) in [4.78, 5) is 19.3. The molecule has 6 nitrogen and oxygen atoms in total.